The second kappa shape index (κ2) is 10.3. The number of nitrogens with one attached hydrogen (secondary N) is 3. The van der Waals surface area contributed by atoms with Gasteiger partial charge in [-0.2, -0.15) is 0 Å². The second-order valence-corrected chi connectivity index (χ2v) is 6.00. The van der Waals surface area contributed by atoms with Crippen molar-refractivity contribution >= 4 is 23.8 Å². The van der Waals surface area contributed by atoms with E-state index in [0.29, 0.717) is 17.8 Å². The molecule has 0 saturated heterocycles. The summed E-state index contributed by atoms with van der Waals surface area (Å²) in [6.07, 6.45) is 0.784. The van der Waals surface area contributed by atoms with Crippen LogP contribution in [0, 0.1) is 13.8 Å². The van der Waals surface area contributed by atoms with Crippen molar-refractivity contribution in [1.29, 1.82) is 0 Å². The molecular weight excluding hydrogens is 354 g/mol. The van der Waals surface area contributed by atoms with Crippen LogP contribution in [0.15, 0.2) is 0 Å². The fraction of sp³-hybridized carbons (Fsp3) is 0.556. The fourth-order valence-electron chi connectivity index (χ4n) is 2.42. The number of H-pyrrole nitrogens is 1. The summed E-state index contributed by atoms with van der Waals surface area (Å²) in [6.45, 7) is 8.56. The van der Waals surface area contributed by atoms with Crippen LogP contribution in [0.3, 0.4) is 0 Å². The predicted octanol–water partition coefficient (Wildman–Crippen LogP) is 0.996. The van der Waals surface area contributed by atoms with Gasteiger partial charge in [-0.05, 0) is 39.7 Å². The Balaban J connectivity index is 2.65. The quantitative estimate of drug-likeness (QED) is 0.548. The zero-order valence-electron chi connectivity index (χ0n) is 16.4. The summed E-state index contributed by atoms with van der Waals surface area (Å²) in [5, 5.41) is 5.10. The largest absolute Gasteiger partial charge is 0.462 e. The smallest absolute Gasteiger partial charge is 0.355 e. The zero-order valence-corrected chi connectivity index (χ0v) is 16.4. The molecule has 27 heavy (non-hydrogen) atoms. The molecule has 1 rings (SSSR count). The van der Waals surface area contributed by atoms with E-state index in [1.54, 1.807) is 20.8 Å². The molecule has 0 saturated carbocycles. The minimum atomic E-state index is -0.774. The van der Waals surface area contributed by atoms with Gasteiger partial charge in [-0.1, -0.05) is 6.92 Å². The first-order chi connectivity index (χ1) is 12.7. The van der Waals surface area contributed by atoms with E-state index in [4.69, 9.17) is 9.47 Å². The molecule has 150 valence electrons. The first-order valence-corrected chi connectivity index (χ1v) is 8.83. The molecule has 0 aliphatic carbocycles. The van der Waals surface area contributed by atoms with Crippen molar-refractivity contribution in [2.45, 2.75) is 47.1 Å². The molecule has 0 spiro atoms. The molecule has 3 N–H and O–H groups in total. The molecule has 0 bridgehead atoms. The number of aryl methyl sites for hydroxylation is 1. The molecule has 0 unspecified atom stereocenters. The van der Waals surface area contributed by atoms with Crippen LogP contribution in [0.25, 0.3) is 0 Å². The lowest BCUT2D eigenvalue weighted by molar-refractivity contribution is -0.130. The predicted molar refractivity (Wildman–Crippen MR) is 97.4 cm³/mol. The van der Waals surface area contributed by atoms with Gasteiger partial charge < -0.3 is 25.1 Å². The van der Waals surface area contributed by atoms with Crippen LogP contribution < -0.4 is 10.6 Å². The van der Waals surface area contributed by atoms with E-state index in [2.05, 4.69) is 15.6 Å². The van der Waals surface area contributed by atoms with Crippen molar-refractivity contribution in [1.82, 2.24) is 15.6 Å². The number of ether oxygens (including phenoxy) is 2. The number of hydrogen-bond donors (Lipinski definition) is 3. The number of hydrogen-bond acceptors (Lipinski definition) is 6. The van der Waals surface area contributed by atoms with Crippen LogP contribution in [0.1, 0.15) is 59.3 Å². The Hall–Kier alpha value is -2.84. The summed E-state index contributed by atoms with van der Waals surface area (Å²) >= 11 is 0. The molecule has 0 aliphatic heterocycles. The summed E-state index contributed by atoms with van der Waals surface area (Å²) in [6, 6.07) is -0.743. The maximum Gasteiger partial charge on any atom is 0.355 e. The third-order valence-corrected chi connectivity index (χ3v) is 3.78. The normalized spacial score (nSPS) is 11.4. The van der Waals surface area contributed by atoms with Crippen LogP contribution in [-0.2, 0) is 19.1 Å². The number of aromatic amines is 1. The fourth-order valence-corrected chi connectivity index (χ4v) is 2.42. The molecule has 1 aromatic rings. The van der Waals surface area contributed by atoms with Crippen molar-refractivity contribution in [2.24, 2.45) is 0 Å². The third kappa shape index (κ3) is 6.12. The number of carbonyl (C=O) groups excluding carboxylic acids is 4. The summed E-state index contributed by atoms with van der Waals surface area (Å²) in [4.78, 5) is 50.5. The lowest BCUT2D eigenvalue weighted by Gasteiger charge is -2.13. The molecular formula is C18H27N3O6. The molecule has 9 heteroatoms. The topological polar surface area (TPSA) is 127 Å². The molecule has 0 fully saturated rings. The van der Waals surface area contributed by atoms with E-state index < -0.39 is 30.5 Å². The number of rotatable bonds is 9. The van der Waals surface area contributed by atoms with Gasteiger partial charge in [-0.25, -0.2) is 9.59 Å². The Morgan fingerprint density at radius 3 is 2.33 bits per heavy atom. The Kier molecular flexibility index (Phi) is 8.50. The monoisotopic (exact) mass is 381 g/mol. The Labute approximate surface area is 158 Å². The number of esters is 2. The van der Waals surface area contributed by atoms with Gasteiger partial charge in [-0.3, -0.25) is 9.59 Å². The first kappa shape index (κ1) is 22.2. The van der Waals surface area contributed by atoms with Crippen LogP contribution >= 0.6 is 0 Å². The SMILES string of the molecule is CCCNC(=O)[C@H](C)NC(=O)COC(=O)c1[nH]c(C)c(C(=O)OCC)c1C. The van der Waals surface area contributed by atoms with Crippen LogP contribution in [0.4, 0.5) is 0 Å². The molecule has 0 aliphatic rings. The number of amides is 2. The van der Waals surface area contributed by atoms with Crippen molar-refractivity contribution in [2.75, 3.05) is 19.8 Å². The van der Waals surface area contributed by atoms with Gasteiger partial charge in [0.25, 0.3) is 5.91 Å². The van der Waals surface area contributed by atoms with E-state index >= 15 is 0 Å². The molecule has 1 aromatic heterocycles. The third-order valence-electron chi connectivity index (χ3n) is 3.78. The average Bonchev–Trinajstić information content (AvgIpc) is 2.92. The van der Waals surface area contributed by atoms with Gasteiger partial charge in [-0.15, -0.1) is 0 Å². The Bertz CT molecular complexity index is 710. The minimum Gasteiger partial charge on any atom is -0.462 e. The van der Waals surface area contributed by atoms with Crippen molar-refractivity contribution in [3.8, 4) is 0 Å². The van der Waals surface area contributed by atoms with Crippen molar-refractivity contribution < 1.29 is 28.7 Å². The maximum absolute atomic E-state index is 12.2. The van der Waals surface area contributed by atoms with Gasteiger partial charge in [0.2, 0.25) is 5.91 Å². The average molecular weight is 381 g/mol. The highest BCUT2D eigenvalue weighted by Gasteiger charge is 2.24. The van der Waals surface area contributed by atoms with Gasteiger partial charge >= 0.3 is 11.9 Å². The lowest BCUT2D eigenvalue weighted by Crippen LogP contribution is -2.46. The van der Waals surface area contributed by atoms with E-state index in [1.807, 2.05) is 6.92 Å². The highest BCUT2D eigenvalue weighted by atomic mass is 16.5. The summed E-state index contributed by atoms with van der Waals surface area (Å²) in [5.74, 6) is -2.22. The minimum absolute atomic E-state index is 0.0806. The van der Waals surface area contributed by atoms with E-state index in [1.165, 1.54) is 6.92 Å². The number of carbonyl (C=O) groups is 4. The van der Waals surface area contributed by atoms with Crippen molar-refractivity contribution in [3.63, 3.8) is 0 Å². The maximum atomic E-state index is 12.2. The van der Waals surface area contributed by atoms with Crippen LogP contribution in [-0.4, -0.2) is 54.5 Å². The Morgan fingerprint density at radius 2 is 1.74 bits per heavy atom. The molecule has 1 atom stereocenters. The first-order valence-electron chi connectivity index (χ1n) is 8.83. The summed E-state index contributed by atoms with van der Waals surface area (Å²) < 4.78 is 9.94. The number of aromatic nitrogens is 1. The van der Waals surface area contributed by atoms with Gasteiger partial charge in [0.1, 0.15) is 11.7 Å². The lowest BCUT2D eigenvalue weighted by atomic mass is 10.1. The van der Waals surface area contributed by atoms with Gasteiger partial charge in [0, 0.05) is 12.2 Å². The second-order valence-electron chi connectivity index (χ2n) is 6.00. The van der Waals surface area contributed by atoms with E-state index in [9.17, 15) is 19.2 Å². The van der Waals surface area contributed by atoms with Crippen LogP contribution in [0.2, 0.25) is 0 Å². The highest BCUT2D eigenvalue weighted by Crippen LogP contribution is 2.19. The summed E-state index contributed by atoms with van der Waals surface area (Å²) in [7, 11) is 0. The molecule has 9 nitrogen and oxygen atoms in total. The highest BCUT2D eigenvalue weighted by molar-refractivity contribution is 5.99. The molecule has 0 radical (unpaired) electrons. The van der Waals surface area contributed by atoms with Gasteiger partial charge in [0.05, 0.1) is 12.2 Å². The zero-order chi connectivity index (χ0) is 20.6. The van der Waals surface area contributed by atoms with Gasteiger partial charge in [0.15, 0.2) is 6.61 Å². The van der Waals surface area contributed by atoms with E-state index in [0.717, 1.165) is 6.42 Å². The summed E-state index contributed by atoms with van der Waals surface area (Å²) in [5.41, 5.74) is 1.22. The standard InChI is InChI=1S/C18H27N3O6/c1-6-8-19-16(23)12(5)20-13(22)9-27-18(25)15-10(3)14(11(4)21-15)17(24)26-7-2/h12,21H,6-9H2,1-5H3,(H,19,23)(H,20,22)/t12-/m0/s1. The molecule has 2 amide bonds. The molecule has 1 heterocycles. The van der Waals surface area contributed by atoms with Crippen molar-refractivity contribution in [3.05, 3.63) is 22.5 Å². The van der Waals surface area contributed by atoms with Crippen LogP contribution in [0.5, 0.6) is 0 Å². The Morgan fingerprint density at radius 1 is 1.07 bits per heavy atom. The molecule has 0 aromatic carbocycles. The van der Waals surface area contributed by atoms with E-state index in [-0.39, 0.29) is 23.8 Å².